The third-order valence-electron chi connectivity index (χ3n) is 3.25. The van der Waals surface area contributed by atoms with E-state index in [1.165, 1.54) is 0 Å². The average Bonchev–Trinajstić information content (AvgIpc) is 2.62. The Labute approximate surface area is 85.0 Å². The van der Waals surface area contributed by atoms with E-state index in [4.69, 9.17) is 0 Å². The van der Waals surface area contributed by atoms with E-state index >= 15 is 0 Å². The molecule has 1 aliphatic rings. The standard InChI is InChI=1S/C12H17NO/c1-13-11-8-5-9-12(11,14)10-6-3-2-4-7-10/h2-4,6-7,11,13-14H,5,8-9H2,1H3/t11-,12-/m0/s1. The maximum atomic E-state index is 10.6. The van der Waals surface area contributed by atoms with Gasteiger partial charge in [-0.3, -0.25) is 0 Å². The van der Waals surface area contributed by atoms with Crippen molar-refractivity contribution in [1.29, 1.82) is 0 Å². The first-order valence-electron chi connectivity index (χ1n) is 5.22. The van der Waals surface area contributed by atoms with Crippen molar-refractivity contribution in [3.63, 3.8) is 0 Å². The van der Waals surface area contributed by atoms with E-state index < -0.39 is 5.60 Å². The van der Waals surface area contributed by atoms with Crippen LogP contribution in [0, 0.1) is 0 Å². The quantitative estimate of drug-likeness (QED) is 0.745. The zero-order valence-corrected chi connectivity index (χ0v) is 8.53. The molecule has 0 spiro atoms. The minimum atomic E-state index is -0.657. The Morgan fingerprint density at radius 2 is 2.07 bits per heavy atom. The molecule has 0 aromatic heterocycles. The topological polar surface area (TPSA) is 32.3 Å². The molecule has 2 atom stereocenters. The second kappa shape index (κ2) is 3.71. The van der Waals surface area contributed by atoms with Gasteiger partial charge in [0.05, 0.1) is 0 Å². The molecule has 1 aromatic carbocycles. The van der Waals surface area contributed by atoms with Gasteiger partial charge in [0.25, 0.3) is 0 Å². The second-order valence-electron chi connectivity index (χ2n) is 4.02. The van der Waals surface area contributed by atoms with Gasteiger partial charge >= 0.3 is 0 Å². The number of aliphatic hydroxyl groups is 1. The van der Waals surface area contributed by atoms with Crippen LogP contribution in [0.1, 0.15) is 24.8 Å². The molecular weight excluding hydrogens is 174 g/mol. The number of likely N-dealkylation sites (N-methyl/N-ethyl adjacent to an activating group) is 1. The number of benzene rings is 1. The van der Waals surface area contributed by atoms with E-state index in [0.717, 1.165) is 24.8 Å². The molecule has 0 saturated heterocycles. The second-order valence-corrected chi connectivity index (χ2v) is 4.02. The van der Waals surface area contributed by atoms with Gasteiger partial charge in [-0.25, -0.2) is 0 Å². The Morgan fingerprint density at radius 3 is 2.71 bits per heavy atom. The largest absolute Gasteiger partial charge is 0.384 e. The summed E-state index contributed by atoms with van der Waals surface area (Å²) < 4.78 is 0. The number of hydrogen-bond acceptors (Lipinski definition) is 2. The minimum Gasteiger partial charge on any atom is -0.384 e. The predicted octanol–water partition coefficient (Wildman–Crippen LogP) is 1.65. The van der Waals surface area contributed by atoms with Crippen LogP contribution in [0.4, 0.5) is 0 Å². The average molecular weight is 191 g/mol. The summed E-state index contributed by atoms with van der Waals surface area (Å²) in [4.78, 5) is 0. The highest BCUT2D eigenvalue weighted by atomic mass is 16.3. The zero-order chi connectivity index (χ0) is 10.0. The molecule has 2 N–H and O–H groups in total. The van der Waals surface area contributed by atoms with Crippen LogP contribution in [-0.2, 0) is 5.60 Å². The molecule has 0 radical (unpaired) electrons. The molecule has 1 aliphatic carbocycles. The summed E-state index contributed by atoms with van der Waals surface area (Å²) in [7, 11) is 1.92. The molecule has 2 nitrogen and oxygen atoms in total. The molecule has 0 bridgehead atoms. The van der Waals surface area contributed by atoms with Crippen molar-refractivity contribution < 1.29 is 5.11 Å². The van der Waals surface area contributed by atoms with Gasteiger partial charge < -0.3 is 10.4 Å². The first kappa shape index (κ1) is 9.69. The summed E-state index contributed by atoms with van der Waals surface area (Å²) in [6.45, 7) is 0. The molecule has 1 saturated carbocycles. The monoisotopic (exact) mass is 191 g/mol. The summed E-state index contributed by atoms with van der Waals surface area (Å²) in [5.74, 6) is 0. The Kier molecular flexibility index (Phi) is 2.57. The van der Waals surface area contributed by atoms with Crippen molar-refractivity contribution in [2.45, 2.75) is 30.9 Å². The summed E-state index contributed by atoms with van der Waals surface area (Å²) in [5.41, 5.74) is 0.382. The van der Waals surface area contributed by atoms with E-state index in [1.807, 2.05) is 37.4 Å². The normalized spacial score (nSPS) is 32.0. The fourth-order valence-corrected chi connectivity index (χ4v) is 2.44. The Bertz CT molecular complexity index is 298. The van der Waals surface area contributed by atoms with Crippen molar-refractivity contribution in [2.24, 2.45) is 0 Å². The Balaban J connectivity index is 2.31. The molecule has 2 rings (SSSR count). The van der Waals surface area contributed by atoms with Crippen LogP contribution in [0.2, 0.25) is 0 Å². The molecule has 1 fully saturated rings. The first-order valence-corrected chi connectivity index (χ1v) is 5.22. The van der Waals surface area contributed by atoms with E-state index in [9.17, 15) is 5.11 Å². The lowest BCUT2D eigenvalue weighted by molar-refractivity contribution is 0.0185. The van der Waals surface area contributed by atoms with Crippen molar-refractivity contribution >= 4 is 0 Å². The third kappa shape index (κ3) is 1.45. The SMILES string of the molecule is CN[C@H]1CCC[C@]1(O)c1ccccc1. The van der Waals surface area contributed by atoms with Gasteiger partial charge in [-0.05, 0) is 31.9 Å². The summed E-state index contributed by atoms with van der Waals surface area (Å²) in [5, 5.41) is 13.8. The van der Waals surface area contributed by atoms with Gasteiger partial charge in [-0.2, -0.15) is 0 Å². The van der Waals surface area contributed by atoms with Crippen molar-refractivity contribution in [3.8, 4) is 0 Å². The molecule has 14 heavy (non-hydrogen) atoms. The number of nitrogens with one attached hydrogen (secondary N) is 1. The van der Waals surface area contributed by atoms with E-state index in [-0.39, 0.29) is 6.04 Å². The van der Waals surface area contributed by atoms with Gasteiger partial charge in [-0.1, -0.05) is 30.3 Å². The third-order valence-corrected chi connectivity index (χ3v) is 3.25. The Morgan fingerprint density at radius 1 is 1.36 bits per heavy atom. The fourth-order valence-electron chi connectivity index (χ4n) is 2.44. The van der Waals surface area contributed by atoms with Gasteiger partial charge in [0.2, 0.25) is 0 Å². The fraction of sp³-hybridized carbons (Fsp3) is 0.500. The van der Waals surface area contributed by atoms with Crippen LogP contribution in [0.25, 0.3) is 0 Å². The lowest BCUT2D eigenvalue weighted by atomic mass is 9.89. The molecule has 2 heteroatoms. The van der Waals surface area contributed by atoms with E-state index in [0.29, 0.717) is 0 Å². The maximum Gasteiger partial charge on any atom is 0.105 e. The van der Waals surface area contributed by atoms with E-state index in [2.05, 4.69) is 5.32 Å². The predicted molar refractivity (Wildman–Crippen MR) is 57.0 cm³/mol. The highest BCUT2D eigenvalue weighted by molar-refractivity contribution is 5.25. The van der Waals surface area contributed by atoms with Crippen LogP contribution >= 0.6 is 0 Å². The van der Waals surface area contributed by atoms with Crippen molar-refractivity contribution in [3.05, 3.63) is 35.9 Å². The van der Waals surface area contributed by atoms with Crippen LogP contribution in [-0.4, -0.2) is 18.2 Å². The molecule has 76 valence electrons. The summed E-state index contributed by atoms with van der Waals surface area (Å²) in [6.07, 6.45) is 3.02. The molecule has 1 aromatic rings. The minimum absolute atomic E-state index is 0.199. The van der Waals surface area contributed by atoms with Crippen LogP contribution in [0.15, 0.2) is 30.3 Å². The molecule has 0 aliphatic heterocycles. The van der Waals surface area contributed by atoms with E-state index in [1.54, 1.807) is 0 Å². The van der Waals surface area contributed by atoms with Crippen LogP contribution in [0.3, 0.4) is 0 Å². The Hall–Kier alpha value is -0.860. The zero-order valence-electron chi connectivity index (χ0n) is 8.53. The molecule has 0 heterocycles. The van der Waals surface area contributed by atoms with Crippen molar-refractivity contribution in [2.75, 3.05) is 7.05 Å². The summed E-state index contributed by atoms with van der Waals surface area (Å²) in [6, 6.07) is 10.2. The highest BCUT2D eigenvalue weighted by Crippen LogP contribution is 2.38. The summed E-state index contributed by atoms with van der Waals surface area (Å²) >= 11 is 0. The lowest BCUT2D eigenvalue weighted by Crippen LogP contribution is -2.42. The highest BCUT2D eigenvalue weighted by Gasteiger charge is 2.41. The van der Waals surface area contributed by atoms with Gasteiger partial charge in [0.1, 0.15) is 5.60 Å². The molecule has 0 amide bonds. The van der Waals surface area contributed by atoms with Crippen LogP contribution < -0.4 is 5.32 Å². The maximum absolute atomic E-state index is 10.6. The number of rotatable bonds is 2. The smallest absolute Gasteiger partial charge is 0.105 e. The van der Waals surface area contributed by atoms with Gasteiger partial charge in [-0.15, -0.1) is 0 Å². The molecule has 0 unspecified atom stereocenters. The first-order chi connectivity index (χ1) is 6.77. The van der Waals surface area contributed by atoms with Crippen molar-refractivity contribution in [1.82, 2.24) is 5.32 Å². The molecular formula is C12H17NO. The van der Waals surface area contributed by atoms with Gasteiger partial charge in [0.15, 0.2) is 0 Å². The van der Waals surface area contributed by atoms with Gasteiger partial charge in [0, 0.05) is 6.04 Å². The number of hydrogen-bond donors (Lipinski definition) is 2. The lowest BCUT2D eigenvalue weighted by Gasteiger charge is -2.30. The van der Waals surface area contributed by atoms with Crippen LogP contribution in [0.5, 0.6) is 0 Å².